The lowest BCUT2D eigenvalue weighted by Gasteiger charge is -2.39. The molecule has 3 heterocycles. The number of hydrogen-bond acceptors (Lipinski definition) is 5. The van der Waals surface area contributed by atoms with E-state index in [4.69, 9.17) is 9.47 Å². The van der Waals surface area contributed by atoms with Crippen LogP contribution in [0.15, 0.2) is 36.4 Å². The van der Waals surface area contributed by atoms with Crippen molar-refractivity contribution in [1.29, 1.82) is 0 Å². The molecule has 1 aromatic carbocycles. The Labute approximate surface area is 243 Å². The van der Waals surface area contributed by atoms with Crippen LogP contribution in [0.5, 0.6) is 5.75 Å². The van der Waals surface area contributed by atoms with Crippen molar-refractivity contribution in [2.75, 3.05) is 11.9 Å². The SMILES string of the molecule is CCOc1ccc(NC(=O)[C@H]2[C@H]3C=C[C@@]4(O3)[C@H]2C(=O)N(C2CCCCCCC2)[C@@H]4C(=O)N[C@H]2CCCC[C@@H]2C)cc1. The highest BCUT2D eigenvalue weighted by atomic mass is 16.5. The van der Waals surface area contributed by atoms with Crippen molar-refractivity contribution in [3.63, 3.8) is 0 Å². The minimum absolute atomic E-state index is 0.0202. The van der Waals surface area contributed by atoms with Crippen LogP contribution in [0.25, 0.3) is 0 Å². The van der Waals surface area contributed by atoms with E-state index < -0.39 is 29.6 Å². The van der Waals surface area contributed by atoms with Gasteiger partial charge in [-0.3, -0.25) is 14.4 Å². The smallest absolute Gasteiger partial charge is 0.246 e. The normalized spacial score (nSPS) is 35.1. The first-order valence-electron chi connectivity index (χ1n) is 16.0. The van der Waals surface area contributed by atoms with Gasteiger partial charge in [0.05, 0.1) is 24.5 Å². The maximum Gasteiger partial charge on any atom is 0.246 e. The zero-order valence-electron chi connectivity index (χ0n) is 24.5. The van der Waals surface area contributed by atoms with Crippen LogP contribution >= 0.6 is 0 Å². The van der Waals surface area contributed by atoms with Gasteiger partial charge in [0.15, 0.2) is 0 Å². The molecule has 5 aliphatic rings. The largest absolute Gasteiger partial charge is 0.494 e. The van der Waals surface area contributed by atoms with E-state index in [1.807, 2.05) is 36.1 Å². The van der Waals surface area contributed by atoms with Gasteiger partial charge in [-0.15, -0.1) is 0 Å². The summed E-state index contributed by atoms with van der Waals surface area (Å²) in [5.41, 5.74) is -0.477. The second-order valence-electron chi connectivity index (χ2n) is 12.8. The van der Waals surface area contributed by atoms with Gasteiger partial charge in [-0.05, 0) is 62.8 Å². The molecule has 2 N–H and O–H groups in total. The van der Waals surface area contributed by atoms with Crippen molar-refractivity contribution in [3.8, 4) is 5.75 Å². The number of amides is 3. The van der Waals surface area contributed by atoms with Gasteiger partial charge in [-0.2, -0.15) is 0 Å². The molecule has 2 saturated heterocycles. The molecular formula is C33H45N3O5. The third-order valence-electron chi connectivity index (χ3n) is 10.2. The van der Waals surface area contributed by atoms with E-state index in [2.05, 4.69) is 17.6 Å². The molecule has 3 amide bonds. The van der Waals surface area contributed by atoms with E-state index in [1.165, 1.54) is 12.8 Å². The second kappa shape index (κ2) is 11.8. The summed E-state index contributed by atoms with van der Waals surface area (Å²) in [6, 6.07) is 6.57. The molecule has 2 bridgehead atoms. The molecule has 1 aromatic rings. The lowest BCUT2D eigenvalue weighted by atomic mass is 9.74. The molecule has 222 valence electrons. The van der Waals surface area contributed by atoms with Crippen LogP contribution in [-0.4, -0.2) is 59.1 Å². The van der Waals surface area contributed by atoms with Gasteiger partial charge in [-0.25, -0.2) is 0 Å². The molecule has 2 aliphatic carbocycles. The Morgan fingerprint density at radius 3 is 2.37 bits per heavy atom. The molecule has 7 atom stereocenters. The van der Waals surface area contributed by atoms with E-state index in [9.17, 15) is 14.4 Å². The number of ether oxygens (including phenoxy) is 2. The molecule has 3 aliphatic heterocycles. The van der Waals surface area contributed by atoms with Crippen molar-refractivity contribution in [3.05, 3.63) is 36.4 Å². The topological polar surface area (TPSA) is 97.0 Å². The molecule has 0 aromatic heterocycles. The quantitative estimate of drug-likeness (QED) is 0.456. The highest BCUT2D eigenvalue weighted by Gasteiger charge is 2.73. The second-order valence-corrected chi connectivity index (χ2v) is 12.8. The Kier molecular flexibility index (Phi) is 8.12. The summed E-state index contributed by atoms with van der Waals surface area (Å²) in [5.74, 6) is -0.754. The molecule has 2 saturated carbocycles. The summed E-state index contributed by atoms with van der Waals surface area (Å²) in [6.45, 7) is 4.70. The molecule has 8 nitrogen and oxygen atoms in total. The zero-order valence-corrected chi connectivity index (χ0v) is 24.5. The Bertz CT molecular complexity index is 1160. The van der Waals surface area contributed by atoms with Crippen LogP contribution in [0.4, 0.5) is 5.69 Å². The van der Waals surface area contributed by atoms with Gasteiger partial charge >= 0.3 is 0 Å². The predicted molar refractivity (Wildman–Crippen MR) is 156 cm³/mol. The van der Waals surface area contributed by atoms with E-state index in [-0.39, 0.29) is 29.8 Å². The Morgan fingerprint density at radius 1 is 0.976 bits per heavy atom. The monoisotopic (exact) mass is 563 g/mol. The molecule has 0 unspecified atom stereocenters. The average molecular weight is 564 g/mol. The van der Waals surface area contributed by atoms with Crippen LogP contribution in [0.1, 0.15) is 84.5 Å². The lowest BCUT2D eigenvalue weighted by molar-refractivity contribution is -0.144. The Hall–Kier alpha value is -2.87. The Balaban J connectivity index is 1.29. The molecule has 41 heavy (non-hydrogen) atoms. The fourth-order valence-electron chi connectivity index (χ4n) is 8.13. The fourth-order valence-corrected chi connectivity index (χ4v) is 8.13. The van der Waals surface area contributed by atoms with Crippen molar-refractivity contribution < 1.29 is 23.9 Å². The van der Waals surface area contributed by atoms with E-state index >= 15 is 0 Å². The highest BCUT2D eigenvalue weighted by Crippen LogP contribution is 2.56. The van der Waals surface area contributed by atoms with E-state index in [1.54, 1.807) is 12.1 Å². The highest BCUT2D eigenvalue weighted by molar-refractivity contribution is 6.03. The van der Waals surface area contributed by atoms with Crippen molar-refractivity contribution in [2.24, 2.45) is 17.8 Å². The van der Waals surface area contributed by atoms with Crippen molar-refractivity contribution in [2.45, 2.75) is 114 Å². The van der Waals surface area contributed by atoms with Gasteiger partial charge < -0.3 is 25.0 Å². The summed E-state index contributed by atoms with van der Waals surface area (Å²) >= 11 is 0. The predicted octanol–water partition coefficient (Wildman–Crippen LogP) is 4.98. The van der Waals surface area contributed by atoms with Crippen LogP contribution in [0.2, 0.25) is 0 Å². The fraction of sp³-hybridized carbons (Fsp3) is 0.667. The maximum absolute atomic E-state index is 14.5. The summed E-state index contributed by atoms with van der Waals surface area (Å²) < 4.78 is 12.1. The first-order chi connectivity index (χ1) is 19.9. The van der Waals surface area contributed by atoms with E-state index in [0.717, 1.165) is 63.5 Å². The van der Waals surface area contributed by atoms with Gasteiger partial charge in [-0.1, -0.05) is 64.0 Å². The number of carbonyl (C=O) groups excluding carboxylic acids is 3. The van der Waals surface area contributed by atoms with Crippen LogP contribution in [0.3, 0.4) is 0 Å². The number of carbonyl (C=O) groups is 3. The van der Waals surface area contributed by atoms with Gasteiger partial charge in [0.1, 0.15) is 17.4 Å². The summed E-state index contributed by atoms with van der Waals surface area (Å²) in [5, 5.41) is 6.38. The minimum atomic E-state index is -1.12. The third-order valence-corrected chi connectivity index (χ3v) is 10.2. The number of hydrogen-bond donors (Lipinski definition) is 2. The first kappa shape index (κ1) is 28.3. The van der Waals surface area contributed by atoms with Gasteiger partial charge in [0, 0.05) is 17.8 Å². The standard InChI is InChI=1S/C33H45N3O5/c1-3-40-24-17-15-22(16-18-24)34-30(37)27-26-19-20-33(41-26)28(27)32(39)36(23-12-7-5-4-6-8-13-23)29(33)31(38)35-25-14-10-9-11-21(25)2/h15-21,23,25-29H,3-14H2,1-2H3,(H,34,37)(H,35,38)/t21-,25-,26+,27-,28+,29+,33+/m0/s1. The van der Waals surface area contributed by atoms with Gasteiger partial charge in [0.2, 0.25) is 17.7 Å². The number of rotatable bonds is 7. The molecule has 4 fully saturated rings. The molecule has 0 radical (unpaired) electrons. The maximum atomic E-state index is 14.5. The molecular weight excluding hydrogens is 518 g/mol. The van der Waals surface area contributed by atoms with Crippen LogP contribution in [0, 0.1) is 17.8 Å². The number of anilines is 1. The van der Waals surface area contributed by atoms with E-state index in [0.29, 0.717) is 18.2 Å². The summed E-state index contributed by atoms with van der Waals surface area (Å²) in [7, 11) is 0. The molecule has 8 heteroatoms. The van der Waals surface area contributed by atoms with Gasteiger partial charge in [0.25, 0.3) is 0 Å². The van der Waals surface area contributed by atoms with Crippen molar-refractivity contribution >= 4 is 23.4 Å². The zero-order chi connectivity index (χ0) is 28.6. The Morgan fingerprint density at radius 2 is 1.66 bits per heavy atom. The third kappa shape index (κ3) is 5.17. The average Bonchev–Trinajstić information content (AvgIpc) is 3.59. The summed E-state index contributed by atoms with van der Waals surface area (Å²) in [4.78, 5) is 44.4. The number of benzene rings is 1. The summed E-state index contributed by atoms with van der Waals surface area (Å²) in [6.07, 6.45) is 15.0. The minimum Gasteiger partial charge on any atom is -0.494 e. The molecule has 1 spiro atoms. The lowest BCUT2D eigenvalue weighted by Crippen LogP contribution is -2.59. The first-order valence-corrected chi connectivity index (χ1v) is 16.0. The van der Waals surface area contributed by atoms with Crippen LogP contribution in [-0.2, 0) is 19.1 Å². The number of nitrogens with zero attached hydrogens (tertiary/aromatic N) is 1. The van der Waals surface area contributed by atoms with Crippen molar-refractivity contribution in [1.82, 2.24) is 10.2 Å². The van der Waals surface area contributed by atoms with Crippen LogP contribution < -0.4 is 15.4 Å². The molecule has 6 rings (SSSR count). The number of likely N-dealkylation sites (tertiary alicyclic amines) is 1. The number of nitrogens with one attached hydrogen (secondary N) is 2. The number of fused-ring (bicyclic) bond motifs is 1.